The zero-order chi connectivity index (χ0) is 38.5. The summed E-state index contributed by atoms with van der Waals surface area (Å²) in [5.74, 6) is -6.98. The number of aliphatic imine (C=N–C) groups is 1. The van der Waals surface area contributed by atoms with Crippen LogP contribution in [0.4, 0.5) is 0 Å². The fourth-order valence-electron chi connectivity index (χ4n) is 5.21. The largest absolute Gasteiger partial charge is 0.481 e. The van der Waals surface area contributed by atoms with E-state index in [1.165, 1.54) is 0 Å². The van der Waals surface area contributed by atoms with Gasteiger partial charge in [0.2, 0.25) is 35.4 Å². The maximum Gasteiger partial charge on any atom is 0.305 e. The van der Waals surface area contributed by atoms with Crippen molar-refractivity contribution in [2.24, 2.45) is 33.8 Å². The lowest BCUT2D eigenvalue weighted by Gasteiger charge is -2.29. The van der Waals surface area contributed by atoms with Crippen molar-refractivity contribution in [2.45, 2.75) is 114 Å². The molecule has 51 heavy (non-hydrogen) atoms. The van der Waals surface area contributed by atoms with Crippen LogP contribution < -0.4 is 54.8 Å². The molecule has 1 aliphatic heterocycles. The van der Waals surface area contributed by atoms with Gasteiger partial charge in [-0.3, -0.25) is 38.6 Å². The smallest absolute Gasteiger partial charge is 0.305 e. The quantitative estimate of drug-likeness (QED) is 0.0384. The van der Waals surface area contributed by atoms with Gasteiger partial charge in [0.25, 0.3) is 0 Å². The van der Waals surface area contributed by atoms with Gasteiger partial charge in [-0.2, -0.15) is 0 Å². The zero-order valence-electron chi connectivity index (χ0n) is 29.4. The summed E-state index contributed by atoms with van der Waals surface area (Å²) < 4.78 is 0. The highest BCUT2D eigenvalue weighted by Crippen LogP contribution is 2.11. The number of hydrogen-bond donors (Lipinski definition) is 12. The van der Waals surface area contributed by atoms with E-state index < -0.39 is 90.7 Å². The van der Waals surface area contributed by atoms with Crippen LogP contribution in [0.1, 0.15) is 78.1 Å². The summed E-state index contributed by atoms with van der Waals surface area (Å²) in [6.07, 6.45) is 1.16. The van der Waals surface area contributed by atoms with Crippen LogP contribution in [0.25, 0.3) is 0 Å². The lowest BCUT2D eigenvalue weighted by atomic mass is 10.0. The van der Waals surface area contributed by atoms with Crippen LogP contribution in [-0.2, 0) is 33.6 Å². The number of guanidine groups is 1. The van der Waals surface area contributed by atoms with E-state index in [9.17, 15) is 43.8 Å². The molecule has 0 bridgehead atoms. The normalized spacial score (nSPS) is 24.2. The van der Waals surface area contributed by atoms with E-state index in [4.69, 9.17) is 22.9 Å². The third-order valence-corrected chi connectivity index (χ3v) is 7.91. The summed E-state index contributed by atoms with van der Waals surface area (Å²) in [6.45, 7) is 3.37. The third kappa shape index (κ3) is 17.3. The Labute approximate surface area is 297 Å². The summed E-state index contributed by atoms with van der Waals surface area (Å²) in [6, 6.07) is -8.33. The summed E-state index contributed by atoms with van der Waals surface area (Å²) in [5.41, 5.74) is 22.0. The van der Waals surface area contributed by atoms with Crippen molar-refractivity contribution in [3.05, 3.63) is 0 Å². The third-order valence-electron chi connectivity index (χ3n) is 7.91. The summed E-state index contributed by atoms with van der Waals surface area (Å²) in [4.78, 5) is 96.8. The van der Waals surface area contributed by atoms with Gasteiger partial charge in [0.15, 0.2) is 5.96 Å². The average molecular weight is 728 g/mol. The summed E-state index contributed by atoms with van der Waals surface area (Å²) in [7, 11) is 0. The number of rotatable bonds is 17. The van der Waals surface area contributed by atoms with Crippen molar-refractivity contribution in [1.29, 1.82) is 0 Å². The minimum Gasteiger partial charge on any atom is -0.481 e. The van der Waals surface area contributed by atoms with Gasteiger partial charge >= 0.3 is 5.97 Å². The molecule has 0 unspecified atom stereocenters. The number of unbranched alkanes of at least 4 members (excludes halogenated alkanes) is 2. The predicted molar refractivity (Wildman–Crippen MR) is 186 cm³/mol. The fraction of sp³-hybridized carbons (Fsp3) is 0.742. The molecule has 6 amide bonds. The van der Waals surface area contributed by atoms with Crippen molar-refractivity contribution < 1.29 is 43.8 Å². The Hall–Kier alpha value is -4.56. The highest BCUT2D eigenvalue weighted by atomic mass is 16.4. The Morgan fingerprint density at radius 2 is 1.00 bits per heavy atom. The van der Waals surface area contributed by atoms with E-state index in [0.29, 0.717) is 25.7 Å². The molecule has 0 spiro atoms. The van der Waals surface area contributed by atoms with Crippen molar-refractivity contribution >= 4 is 47.4 Å². The summed E-state index contributed by atoms with van der Waals surface area (Å²) >= 11 is 0. The molecule has 20 nitrogen and oxygen atoms in total. The lowest BCUT2D eigenvalue weighted by molar-refractivity contribution is -0.142. The average Bonchev–Trinajstić information content (AvgIpc) is 3.05. The molecule has 1 fully saturated rings. The number of amides is 6. The predicted octanol–water partition coefficient (Wildman–Crippen LogP) is -4.27. The van der Waals surface area contributed by atoms with Crippen LogP contribution in [0.2, 0.25) is 0 Å². The standard InChI is InChI=1S/C31H57N11O9/c1-17(2)14-21-28(49)42-23(16-43)30(51)39-19(9-4-6-12-33)26(47)41-22(15-24(44)45)29(50)38-18(8-3-5-11-32)25(46)37-20(27(48)40-21)10-7-13-36-31(34)35/h17-23,43H,3-16,32-33H2,1-2H3,(H,37,46)(H,38,50)(H,39,51)(H,40,48)(H,41,47)(H,42,49)(H,44,45)(H4,34,35,36)/t18-,19-,20-,21-,22-,23-/m0/s1. The molecule has 6 atom stereocenters. The number of aliphatic carboxylic acids is 1. The Morgan fingerprint density at radius 3 is 1.41 bits per heavy atom. The van der Waals surface area contributed by atoms with Crippen LogP contribution >= 0.6 is 0 Å². The van der Waals surface area contributed by atoms with Crippen molar-refractivity contribution in [3.63, 3.8) is 0 Å². The van der Waals surface area contributed by atoms with Gasteiger partial charge in [-0.1, -0.05) is 13.8 Å². The molecule has 1 heterocycles. The molecule has 1 saturated heterocycles. The molecule has 290 valence electrons. The number of hydrogen-bond acceptors (Lipinski definition) is 11. The van der Waals surface area contributed by atoms with Gasteiger partial charge in [0.1, 0.15) is 36.3 Å². The number of nitrogens with zero attached hydrogens (tertiary/aromatic N) is 1. The first kappa shape index (κ1) is 44.5. The first-order valence-corrected chi connectivity index (χ1v) is 17.2. The number of nitrogens with one attached hydrogen (secondary N) is 6. The molecule has 0 aromatic heterocycles. The molecule has 1 rings (SSSR count). The molecule has 0 aliphatic carbocycles. The second-order valence-corrected chi connectivity index (χ2v) is 12.8. The van der Waals surface area contributed by atoms with Gasteiger partial charge in [-0.05, 0) is 76.8 Å². The molecular formula is C31H57N11O9. The maximum absolute atomic E-state index is 13.7. The molecule has 1 aliphatic rings. The van der Waals surface area contributed by atoms with E-state index in [2.05, 4.69) is 36.9 Å². The highest BCUT2D eigenvalue weighted by Gasteiger charge is 2.35. The van der Waals surface area contributed by atoms with Crippen LogP contribution in [-0.4, -0.2) is 120 Å². The van der Waals surface area contributed by atoms with Gasteiger partial charge < -0.3 is 65.0 Å². The summed E-state index contributed by atoms with van der Waals surface area (Å²) in [5, 5.41) is 34.6. The van der Waals surface area contributed by atoms with Crippen LogP contribution in [0.5, 0.6) is 0 Å². The SMILES string of the molecule is CC(C)C[C@@H]1NC(=O)[C@H](CCCN=C(N)N)NC(=O)[C@H](CCCCN)NC(=O)[C@H](CC(=O)O)NC(=O)[C@H](CCCCN)NC(=O)[C@H](CO)NC1=O. The molecule has 0 saturated carbocycles. The van der Waals surface area contributed by atoms with E-state index in [-0.39, 0.29) is 63.6 Å². The van der Waals surface area contributed by atoms with E-state index in [1.807, 2.05) is 0 Å². The number of carboxylic acids is 1. The Balaban J connectivity index is 3.71. The van der Waals surface area contributed by atoms with Gasteiger partial charge in [-0.15, -0.1) is 0 Å². The van der Waals surface area contributed by atoms with Gasteiger partial charge in [0.05, 0.1) is 13.0 Å². The number of carboxylic acid groups (broad SMARTS) is 1. The lowest BCUT2D eigenvalue weighted by Crippen LogP contribution is -2.62. The monoisotopic (exact) mass is 727 g/mol. The molecule has 16 N–H and O–H groups in total. The molecule has 20 heteroatoms. The first-order valence-electron chi connectivity index (χ1n) is 17.2. The van der Waals surface area contributed by atoms with Gasteiger partial charge in [-0.25, -0.2) is 0 Å². The number of nitrogens with two attached hydrogens (primary N) is 4. The van der Waals surface area contributed by atoms with Crippen LogP contribution in [0, 0.1) is 5.92 Å². The van der Waals surface area contributed by atoms with Crippen LogP contribution in [0.3, 0.4) is 0 Å². The van der Waals surface area contributed by atoms with E-state index in [1.54, 1.807) is 13.8 Å². The topological polar surface area (TPSA) is 349 Å². The molecule has 0 aromatic carbocycles. The van der Waals surface area contributed by atoms with E-state index >= 15 is 0 Å². The van der Waals surface area contributed by atoms with Crippen molar-refractivity contribution in [1.82, 2.24) is 31.9 Å². The van der Waals surface area contributed by atoms with E-state index in [0.717, 1.165) is 0 Å². The minimum atomic E-state index is -1.68. The number of carbonyl (C=O) groups is 7. The number of aliphatic hydroxyl groups excluding tert-OH is 1. The fourth-order valence-corrected chi connectivity index (χ4v) is 5.21. The highest BCUT2D eigenvalue weighted by molar-refractivity contribution is 5.99. The van der Waals surface area contributed by atoms with Crippen molar-refractivity contribution in [2.75, 3.05) is 26.2 Å². The van der Waals surface area contributed by atoms with Gasteiger partial charge in [0, 0.05) is 6.54 Å². The van der Waals surface area contributed by atoms with Crippen LogP contribution in [0.15, 0.2) is 4.99 Å². The maximum atomic E-state index is 13.7. The second kappa shape index (κ2) is 23.8. The molecule has 0 radical (unpaired) electrons. The zero-order valence-corrected chi connectivity index (χ0v) is 29.4. The van der Waals surface area contributed by atoms with Crippen molar-refractivity contribution in [3.8, 4) is 0 Å². The number of aliphatic hydroxyl groups is 1. The second-order valence-electron chi connectivity index (χ2n) is 12.8. The minimum absolute atomic E-state index is 0.00124. The first-order chi connectivity index (χ1) is 24.1. The number of carbonyl (C=O) groups excluding carboxylic acids is 6. The molecular weight excluding hydrogens is 670 g/mol. The Bertz CT molecular complexity index is 1210. The Kier molecular flexibility index (Phi) is 20.7. The molecule has 0 aromatic rings. The Morgan fingerprint density at radius 1 is 0.627 bits per heavy atom.